The average Bonchev–Trinajstić information content (AvgIpc) is 3.10. The topological polar surface area (TPSA) is 86.8 Å². The van der Waals surface area contributed by atoms with Crippen LogP contribution in [0, 0.1) is 0 Å². The molecule has 8 heteroatoms. The van der Waals surface area contributed by atoms with Crippen LogP contribution in [0.3, 0.4) is 0 Å². The van der Waals surface area contributed by atoms with Crippen molar-refractivity contribution < 1.29 is 23.8 Å². The monoisotopic (exact) mass is 362 g/mol. The minimum absolute atomic E-state index is 0.0920. The summed E-state index contributed by atoms with van der Waals surface area (Å²) in [6.45, 7) is 1.38. The second-order valence-corrected chi connectivity index (χ2v) is 6.34. The summed E-state index contributed by atoms with van der Waals surface area (Å²) in [4.78, 5) is 28.5. The van der Waals surface area contributed by atoms with Gasteiger partial charge in [-0.15, -0.1) is 11.3 Å². The Morgan fingerprint density at radius 1 is 1.28 bits per heavy atom. The number of thiophene rings is 1. The van der Waals surface area contributed by atoms with Crippen LogP contribution in [0.5, 0.6) is 5.88 Å². The zero-order valence-corrected chi connectivity index (χ0v) is 14.5. The van der Waals surface area contributed by atoms with Crippen LogP contribution in [0.1, 0.15) is 32.9 Å². The summed E-state index contributed by atoms with van der Waals surface area (Å²) in [5.74, 6) is -0.355. The first kappa shape index (κ1) is 17.4. The lowest BCUT2D eigenvalue weighted by atomic mass is 10.1. The Hall–Kier alpha value is -2.45. The third-order valence-electron chi connectivity index (χ3n) is 3.74. The van der Waals surface area contributed by atoms with Crippen molar-refractivity contribution in [2.75, 3.05) is 25.6 Å². The molecule has 0 aromatic carbocycles. The number of amides is 1. The van der Waals surface area contributed by atoms with Gasteiger partial charge in [-0.1, -0.05) is 0 Å². The molecule has 25 heavy (non-hydrogen) atoms. The molecule has 0 spiro atoms. The highest BCUT2D eigenvalue weighted by Gasteiger charge is 2.18. The van der Waals surface area contributed by atoms with Crippen molar-refractivity contribution in [3.8, 4) is 5.88 Å². The normalized spacial score (nSPS) is 14.8. The maximum absolute atomic E-state index is 12.3. The van der Waals surface area contributed by atoms with Gasteiger partial charge in [0.05, 0.1) is 31.6 Å². The van der Waals surface area contributed by atoms with Crippen molar-refractivity contribution in [3.63, 3.8) is 0 Å². The maximum Gasteiger partial charge on any atom is 0.350 e. The lowest BCUT2D eigenvalue weighted by molar-refractivity contribution is 0.0237. The summed E-state index contributed by atoms with van der Waals surface area (Å²) in [6, 6.07) is 4.96. The predicted octanol–water partition coefficient (Wildman–Crippen LogP) is 2.74. The number of hydrogen-bond acceptors (Lipinski definition) is 7. The van der Waals surface area contributed by atoms with Crippen molar-refractivity contribution in [2.24, 2.45) is 0 Å². The summed E-state index contributed by atoms with van der Waals surface area (Å²) in [7, 11) is 1.30. The standard InChI is InChI=1S/C17H18N2O5S/c1-22-17(21)15-13(6-9-25-15)19-16(20)11-2-3-14(18-10-11)24-12-4-7-23-8-5-12/h2-3,6,9-10,12H,4-5,7-8H2,1H3,(H,19,20). The van der Waals surface area contributed by atoms with Crippen LogP contribution in [0.15, 0.2) is 29.8 Å². The fourth-order valence-electron chi connectivity index (χ4n) is 2.40. The number of esters is 1. The molecule has 0 saturated carbocycles. The molecular weight excluding hydrogens is 344 g/mol. The number of nitrogens with zero attached hydrogens (tertiary/aromatic N) is 1. The van der Waals surface area contributed by atoms with E-state index in [0.29, 0.717) is 35.2 Å². The Balaban J connectivity index is 1.63. The number of rotatable bonds is 5. The van der Waals surface area contributed by atoms with Gasteiger partial charge in [-0.05, 0) is 17.5 Å². The number of pyridine rings is 1. The van der Waals surface area contributed by atoms with E-state index in [9.17, 15) is 9.59 Å². The van der Waals surface area contributed by atoms with Gasteiger partial charge in [0.15, 0.2) is 0 Å². The highest BCUT2D eigenvalue weighted by atomic mass is 32.1. The highest BCUT2D eigenvalue weighted by Crippen LogP contribution is 2.24. The average molecular weight is 362 g/mol. The lowest BCUT2D eigenvalue weighted by Gasteiger charge is -2.22. The van der Waals surface area contributed by atoms with Gasteiger partial charge in [0.2, 0.25) is 5.88 Å². The molecular formula is C17H18N2O5S. The van der Waals surface area contributed by atoms with Gasteiger partial charge in [-0.2, -0.15) is 0 Å². The molecule has 3 rings (SSSR count). The molecule has 132 valence electrons. The first-order valence-electron chi connectivity index (χ1n) is 7.85. The summed E-state index contributed by atoms with van der Waals surface area (Å²) >= 11 is 1.21. The van der Waals surface area contributed by atoms with Gasteiger partial charge in [0, 0.05) is 25.1 Å². The molecule has 0 unspecified atom stereocenters. The number of hydrogen-bond donors (Lipinski definition) is 1. The number of aromatic nitrogens is 1. The van der Waals surface area contributed by atoms with Gasteiger partial charge in [-0.25, -0.2) is 9.78 Å². The van der Waals surface area contributed by atoms with E-state index >= 15 is 0 Å². The van der Waals surface area contributed by atoms with E-state index in [1.807, 2.05) is 0 Å². The molecule has 7 nitrogen and oxygen atoms in total. The Morgan fingerprint density at radius 3 is 2.76 bits per heavy atom. The lowest BCUT2D eigenvalue weighted by Crippen LogP contribution is -2.26. The summed E-state index contributed by atoms with van der Waals surface area (Å²) in [5.41, 5.74) is 0.797. The smallest absolute Gasteiger partial charge is 0.350 e. The zero-order chi connectivity index (χ0) is 17.6. The molecule has 2 aromatic rings. The van der Waals surface area contributed by atoms with Crippen LogP contribution in [-0.4, -0.2) is 43.3 Å². The number of nitrogens with one attached hydrogen (secondary N) is 1. The van der Waals surface area contributed by atoms with Crippen molar-refractivity contribution >= 4 is 28.9 Å². The molecule has 0 radical (unpaired) electrons. The van der Waals surface area contributed by atoms with E-state index in [0.717, 1.165) is 12.8 Å². The first-order chi connectivity index (χ1) is 12.2. The molecule has 1 N–H and O–H groups in total. The fraction of sp³-hybridized carbons (Fsp3) is 0.353. The number of carbonyl (C=O) groups excluding carboxylic acids is 2. The van der Waals surface area contributed by atoms with Gasteiger partial charge >= 0.3 is 5.97 Å². The van der Waals surface area contributed by atoms with E-state index in [2.05, 4.69) is 10.3 Å². The molecule has 1 aliphatic heterocycles. The van der Waals surface area contributed by atoms with Gasteiger partial charge in [0.1, 0.15) is 11.0 Å². The fourth-order valence-corrected chi connectivity index (χ4v) is 3.17. The van der Waals surface area contributed by atoms with Crippen LogP contribution in [0.4, 0.5) is 5.69 Å². The van der Waals surface area contributed by atoms with Crippen LogP contribution in [-0.2, 0) is 9.47 Å². The quantitative estimate of drug-likeness (QED) is 0.823. The molecule has 1 aliphatic rings. The van der Waals surface area contributed by atoms with Gasteiger partial charge in [0.25, 0.3) is 5.91 Å². The minimum atomic E-state index is -0.483. The van der Waals surface area contributed by atoms with Crippen molar-refractivity contribution in [1.29, 1.82) is 0 Å². The molecule has 0 bridgehead atoms. The van der Waals surface area contributed by atoms with E-state index in [1.165, 1.54) is 24.6 Å². The number of anilines is 1. The van der Waals surface area contributed by atoms with Crippen molar-refractivity contribution in [3.05, 3.63) is 40.2 Å². The van der Waals surface area contributed by atoms with E-state index in [4.69, 9.17) is 14.2 Å². The summed E-state index contributed by atoms with van der Waals surface area (Å²) in [5, 5.41) is 4.41. The Bertz CT molecular complexity index is 738. The molecule has 1 fully saturated rings. The van der Waals surface area contributed by atoms with E-state index < -0.39 is 5.97 Å². The Labute approximate surface area is 148 Å². The van der Waals surface area contributed by atoms with Gasteiger partial charge in [-0.3, -0.25) is 4.79 Å². The molecule has 1 amide bonds. The van der Waals surface area contributed by atoms with Crippen molar-refractivity contribution in [1.82, 2.24) is 4.98 Å². The SMILES string of the molecule is COC(=O)c1sccc1NC(=O)c1ccc(OC2CCOCC2)nc1. The Kier molecular flexibility index (Phi) is 5.62. The minimum Gasteiger partial charge on any atom is -0.474 e. The number of ether oxygens (including phenoxy) is 3. The predicted molar refractivity (Wildman–Crippen MR) is 92.3 cm³/mol. The zero-order valence-electron chi connectivity index (χ0n) is 13.7. The third kappa shape index (κ3) is 4.34. The second kappa shape index (κ2) is 8.09. The first-order valence-corrected chi connectivity index (χ1v) is 8.73. The van der Waals surface area contributed by atoms with Crippen LogP contribution >= 0.6 is 11.3 Å². The number of methoxy groups -OCH3 is 1. The third-order valence-corrected chi connectivity index (χ3v) is 4.63. The molecule has 2 aromatic heterocycles. The summed E-state index contributed by atoms with van der Waals surface area (Å²) < 4.78 is 15.8. The molecule has 0 aliphatic carbocycles. The summed E-state index contributed by atoms with van der Waals surface area (Å²) in [6.07, 6.45) is 3.21. The van der Waals surface area contributed by atoms with E-state index in [1.54, 1.807) is 23.6 Å². The van der Waals surface area contributed by atoms with Crippen LogP contribution in [0.25, 0.3) is 0 Å². The number of carbonyl (C=O) groups is 2. The Morgan fingerprint density at radius 2 is 2.08 bits per heavy atom. The van der Waals surface area contributed by atoms with Crippen LogP contribution < -0.4 is 10.1 Å². The van der Waals surface area contributed by atoms with Gasteiger partial charge < -0.3 is 19.5 Å². The highest BCUT2D eigenvalue weighted by molar-refractivity contribution is 7.12. The van der Waals surface area contributed by atoms with E-state index in [-0.39, 0.29) is 12.0 Å². The molecule has 0 atom stereocenters. The molecule has 1 saturated heterocycles. The van der Waals surface area contributed by atoms with Crippen LogP contribution in [0.2, 0.25) is 0 Å². The maximum atomic E-state index is 12.3. The largest absolute Gasteiger partial charge is 0.474 e. The molecule has 3 heterocycles. The second-order valence-electron chi connectivity index (χ2n) is 5.42. The van der Waals surface area contributed by atoms with Crippen molar-refractivity contribution in [2.45, 2.75) is 18.9 Å².